The first-order valence-corrected chi connectivity index (χ1v) is 9.20. The second-order valence-corrected chi connectivity index (χ2v) is 6.52. The van der Waals surface area contributed by atoms with Gasteiger partial charge in [0.2, 0.25) is 0 Å². The summed E-state index contributed by atoms with van der Waals surface area (Å²) < 4.78 is 1.22. The van der Waals surface area contributed by atoms with E-state index in [0.717, 1.165) is 5.45 Å². The number of quaternary nitrogens is 1. The molecular weight excluding hydrogens is 322 g/mol. The SMILES string of the molecule is CCCCCCCC[N+](C)(CBr)CCCCCC.[Cl-]. The molecule has 0 spiro atoms. The Morgan fingerprint density at radius 1 is 0.684 bits per heavy atom. The number of unbranched alkanes of at least 4 members (excludes halogenated alkanes) is 8. The highest BCUT2D eigenvalue weighted by atomic mass is 79.9. The Morgan fingerprint density at radius 3 is 1.47 bits per heavy atom. The normalized spacial score (nSPS) is 13.9. The quantitative estimate of drug-likeness (QED) is 0.206. The minimum atomic E-state index is 0. The van der Waals surface area contributed by atoms with Crippen LogP contribution in [0.5, 0.6) is 0 Å². The topological polar surface area (TPSA) is 0 Å². The monoisotopic (exact) mass is 355 g/mol. The number of alkyl halides is 1. The van der Waals surface area contributed by atoms with Gasteiger partial charge in [0.05, 0.1) is 20.1 Å². The van der Waals surface area contributed by atoms with Crippen molar-refractivity contribution in [1.82, 2.24) is 0 Å². The number of rotatable bonds is 13. The zero-order valence-electron chi connectivity index (χ0n) is 13.4. The molecule has 0 aromatic rings. The van der Waals surface area contributed by atoms with Gasteiger partial charge in [0.15, 0.2) is 0 Å². The third kappa shape index (κ3) is 13.5. The van der Waals surface area contributed by atoms with Gasteiger partial charge >= 0.3 is 0 Å². The molecule has 0 aromatic carbocycles. The molecule has 0 N–H and O–H groups in total. The van der Waals surface area contributed by atoms with Crippen LogP contribution in [0.4, 0.5) is 0 Å². The van der Waals surface area contributed by atoms with Crippen LogP contribution in [0.3, 0.4) is 0 Å². The van der Waals surface area contributed by atoms with E-state index in [1.165, 1.54) is 81.8 Å². The zero-order valence-corrected chi connectivity index (χ0v) is 15.7. The van der Waals surface area contributed by atoms with Crippen LogP contribution in [0, 0.1) is 0 Å². The lowest BCUT2D eigenvalue weighted by Gasteiger charge is -2.32. The van der Waals surface area contributed by atoms with Crippen molar-refractivity contribution in [2.45, 2.75) is 78.1 Å². The van der Waals surface area contributed by atoms with E-state index >= 15 is 0 Å². The van der Waals surface area contributed by atoms with Crippen LogP contribution < -0.4 is 12.4 Å². The van der Waals surface area contributed by atoms with Crippen LogP contribution in [-0.2, 0) is 0 Å². The summed E-state index contributed by atoms with van der Waals surface area (Å²) in [5, 5.41) is 0. The first-order valence-electron chi connectivity index (χ1n) is 8.08. The minimum Gasteiger partial charge on any atom is -1.00 e. The van der Waals surface area contributed by atoms with Crippen molar-refractivity contribution >= 4 is 15.9 Å². The molecule has 0 saturated heterocycles. The molecular formula is C16H35BrClN. The molecule has 0 aliphatic rings. The van der Waals surface area contributed by atoms with E-state index in [2.05, 4.69) is 36.8 Å². The maximum Gasteiger partial charge on any atom is 0.134 e. The fraction of sp³-hybridized carbons (Fsp3) is 1.00. The van der Waals surface area contributed by atoms with Gasteiger partial charge in [0.1, 0.15) is 5.45 Å². The molecule has 0 saturated carbocycles. The Labute approximate surface area is 136 Å². The van der Waals surface area contributed by atoms with Gasteiger partial charge in [0, 0.05) is 0 Å². The molecule has 118 valence electrons. The molecule has 0 aromatic heterocycles. The van der Waals surface area contributed by atoms with Crippen molar-refractivity contribution < 1.29 is 16.9 Å². The maximum absolute atomic E-state index is 3.71. The smallest absolute Gasteiger partial charge is 0.134 e. The summed E-state index contributed by atoms with van der Waals surface area (Å²) in [7, 11) is 2.41. The highest BCUT2D eigenvalue weighted by Gasteiger charge is 2.18. The predicted molar refractivity (Wildman–Crippen MR) is 87.2 cm³/mol. The second kappa shape index (κ2) is 15.1. The lowest BCUT2D eigenvalue weighted by atomic mass is 10.1. The van der Waals surface area contributed by atoms with Gasteiger partial charge in [-0.25, -0.2) is 0 Å². The Balaban J connectivity index is 0. The third-order valence-electron chi connectivity index (χ3n) is 3.89. The predicted octanol–water partition coefficient (Wildman–Crippen LogP) is 2.73. The van der Waals surface area contributed by atoms with Crippen molar-refractivity contribution in [1.29, 1.82) is 0 Å². The van der Waals surface area contributed by atoms with Gasteiger partial charge in [-0.2, -0.15) is 0 Å². The van der Waals surface area contributed by atoms with E-state index in [-0.39, 0.29) is 12.4 Å². The van der Waals surface area contributed by atoms with Crippen molar-refractivity contribution in [3.63, 3.8) is 0 Å². The first-order chi connectivity index (χ1) is 8.68. The van der Waals surface area contributed by atoms with E-state index in [0.29, 0.717) is 0 Å². The van der Waals surface area contributed by atoms with E-state index in [4.69, 9.17) is 0 Å². The van der Waals surface area contributed by atoms with E-state index < -0.39 is 0 Å². The van der Waals surface area contributed by atoms with E-state index in [9.17, 15) is 0 Å². The van der Waals surface area contributed by atoms with Crippen molar-refractivity contribution in [3.05, 3.63) is 0 Å². The largest absolute Gasteiger partial charge is 1.00 e. The molecule has 0 radical (unpaired) electrons. The van der Waals surface area contributed by atoms with Gasteiger partial charge < -0.3 is 16.9 Å². The number of hydrogen-bond donors (Lipinski definition) is 0. The molecule has 0 fully saturated rings. The summed E-state index contributed by atoms with van der Waals surface area (Å²) >= 11 is 3.71. The molecule has 0 rings (SSSR count). The summed E-state index contributed by atoms with van der Waals surface area (Å²) in [6, 6.07) is 0. The average molecular weight is 357 g/mol. The minimum absolute atomic E-state index is 0. The summed E-state index contributed by atoms with van der Waals surface area (Å²) in [6.45, 7) is 7.27. The summed E-state index contributed by atoms with van der Waals surface area (Å²) in [5.41, 5.74) is 1.12. The molecule has 1 unspecified atom stereocenters. The molecule has 0 aliphatic heterocycles. The summed E-state index contributed by atoms with van der Waals surface area (Å²) in [5.74, 6) is 0. The van der Waals surface area contributed by atoms with Crippen LogP contribution in [-0.4, -0.2) is 30.1 Å². The van der Waals surface area contributed by atoms with Crippen LogP contribution in [0.1, 0.15) is 78.1 Å². The molecule has 1 nitrogen and oxygen atoms in total. The number of halogens is 2. The van der Waals surface area contributed by atoms with Gasteiger partial charge in [-0.05, 0) is 41.6 Å². The fourth-order valence-electron chi connectivity index (χ4n) is 2.43. The highest BCUT2D eigenvalue weighted by molar-refractivity contribution is 9.09. The van der Waals surface area contributed by atoms with Gasteiger partial charge in [-0.1, -0.05) is 52.4 Å². The Kier molecular flexibility index (Phi) is 17.5. The second-order valence-electron chi connectivity index (χ2n) is 6.01. The number of nitrogens with zero attached hydrogens (tertiary/aromatic N) is 1. The molecule has 0 heterocycles. The Hall–Kier alpha value is 0.730. The Morgan fingerprint density at radius 2 is 1.05 bits per heavy atom. The highest BCUT2D eigenvalue weighted by Crippen LogP contribution is 2.14. The van der Waals surface area contributed by atoms with E-state index in [1.54, 1.807) is 0 Å². The fourth-order valence-corrected chi connectivity index (χ4v) is 2.93. The zero-order chi connectivity index (χ0) is 13.7. The third-order valence-corrected chi connectivity index (χ3v) is 5.10. The standard InChI is InChI=1S/C16H35BrN.ClH/c1-4-6-8-10-11-13-15-18(3,16-17)14-12-9-7-5-2;/h4-16H2,1-3H3;1H/q+1;/p-1. The molecule has 3 heteroatoms. The van der Waals surface area contributed by atoms with Gasteiger partial charge in [0.25, 0.3) is 0 Å². The summed E-state index contributed by atoms with van der Waals surface area (Å²) in [4.78, 5) is 0. The Bertz CT molecular complexity index is 178. The van der Waals surface area contributed by atoms with Crippen molar-refractivity contribution in [2.24, 2.45) is 0 Å². The molecule has 1 atom stereocenters. The van der Waals surface area contributed by atoms with Crippen LogP contribution >= 0.6 is 15.9 Å². The van der Waals surface area contributed by atoms with Gasteiger partial charge in [-0.15, -0.1) is 0 Å². The van der Waals surface area contributed by atoms with E-state index in [1.807, 2.05) is 0 Å². The van der Waals surface area contributed by atoms with Crippen molar-refractivity contribution in [3.8, 4) is 0 Å². The number of hydrogen-bond acceptors (Lipinski definition) is 0. The molecule has 19 heavy (non-hydrogen) atoms. The van der Waals surface area contributed by atoms with Crippen LogP contribution in [0.25, 0.3) is 0 Å². The average Bonchev–Trinajstić information content (AvgIpc) is 2.39. The first kappa shape index (κ1) is 22.0. The lowest BCUT2D eigenvalue weighted by Crippen LogP contribution is -3.00. The molecule has 0 aliphatic carbocycles. The molecule has 0 bridgehead atoms. The summed E-state index contributed by atoms with van der Waals surface area (Å²) in [6.07, 6.45) is 14.0. The molecule has 0 amide bonds. The van der Waals surface area contributed by atoms with Crippen LogP contribution in [0.15, 0.2) is 0 Å². The van der Waals surface area contributed by atoms with Gasteiger partial charge in [-0.3, -0.25) is 0 Å². The van der Waals surface area contributed by atoms with Crippen molar-refractivity contribution in [2.75, 3.05) is 25.6 Å². The van der Waals surface area contributed by atoms with Crippen LogP contribution in [0.2, 0.25) is 0 Å². The lowest BCUT2D eigenvalue weighted by molar-refractivity contribution is -0.896. The maximum atomic E-state index is 3.71.